The van der Waals surface area contributed by atoms with Gasteiger partial charge in [-0.05, 0) is 42.0 Å². The van der Waals surface area contributed by atoms with Crippen molar-refractivity contribution >= 4 is 35.8 Å². The average Bonchev–Trinajstić information content (AvgIpc) is 2.75. The summed E-state index contributed by atoms with van der Waals surface area (Å²) in [6, 6.07) is 13.1. The summed E-state index contributed by atoms with van der Waals surface area (Å²) in [6.07, 6.45) is -3.33. The van der Waals surface area contributed by atoms with Crippen LogP contribution in [-0.2, 0) is 6.18 Å². The number of nitrogens with zero attached hydrogens (tertiary/aromatic N) is 3. The van der Waals surface area contributed by atoms with Crippen LogP contribution in [0.15, 0.2) is 65.6 Å². The third-order valence-corrected chi connectivity index (χ3v) is 5.03. The first-order valence-corrected chi connectivity index (χ1v) is 9.62. The lowest BCUT2D eigenvalue weighted by molar-refractivity contribution is -0.136. The minimum Gasteiger partial charge on any atom is -0.368 e. The summed E-state index contributed by atoms with van der Waals surface area (Å²) in [5.74, 6) is 0.254. The zero-order valence-corrected chi connectivity index (χ0v) is 16.9. The number of nitrogens with one attached hydrogen (secondary N) is 1. The molecule has 0 aliphatic rings. The molecule has 160 valence electrons. The largest absolute Gasteiger partial charge is 0.417 e. The molecule has 0 amide bonds. The summed E-state index contributed by atoms with van der Waals surface area (Å²) in [7, 11) is 5.92. The molecule has 2 heterocycles. The molecular formula is C22H17BF3N5O. The number of pyridine rings is 1. The monoisotopic (exact) mass is 435 g/mol. The number of alkyl halides is 3. The second kappa shape index (κ2) is 8.03. The third-order valence-electron chi connectivity index (χ3n) is 5.03. The molecule has 0 aliphatic carbocycles. The van der Waals surface area contributed by atoms with Gasteiger partial charge in [-0.2, -0.15) is 18.2 Å². The van der Waals surface area contributed by atoms with Gasteiger partial charge >= 0.3 is 6.18 Å². The van der Waals surface area contributed by atoms with E-state index in [-0.39, 0.29) is 22.6 Å². The van der Waals surface area contributed by atoms with E-state index in [2.05, 4.69) is 15.3 Å². The summed E-state index contributed by atoms with van der Waals surface area (Å²) < 4.78 is 42.2. The zero-order valence-electron chi connectivity index (χ0n) is 16.9. The van der Waals surface area contributed by atoms with Gasteiger partial charge in [0.05, 0.1) is 17.0 Å². The van der Waals surface area contributed by atoms with Crippen molar-refractivity contribution in [2.75, 3.05) is 11.1 Å². The zero-order chi connectivity index (χ0) is 23.0. The lowest BCUT2D eigenvalue weighted by Gasteiger charge is -2.23. The van der Waals surface area contributed by atoms with Crippen LogP contribution in [0, 0.1) is 0 Å². The smallest absolute Gasteiger partial charge is 0.368 e. The van der Waals surface area contributed by atoms with Crippen LogP contribution in [0.25, 0.3) is 16.5 Å². The number of benzene rings is 2. The van der Waals surface area contributed by atoms with Crippen LogP contribution in [0.1, 0.15) is 24.2 Å². The Labute approximate surface area is 182 Å². The Kier molecular flexibility index (Phi) is 5.37. The minimum atomic E-state index is -4.68. The fraction of sp³-hybridized carbons (Fsp3) is 0.136. The SMILES string of the molecule is [B]c1cnc(N)nc1N[C@@H](C)c1cc2cccc(C(F)(F)F)c2c(=O)n1-c1ccccc1. The van der Waals surface area contributed by atoms with Crippen molar-refractivity contribution in [3.63, 3.8) is 0 Å². The van der Waals surface area contributed by atoms with Gasteiger partial charge in [0.1, 0.15) is 13.7 Å². The minimum absolute atomic E-state index is 0.00248. The number of halogens is 3. The van der Waals surface area contributed by atoms with E-state index in [1.165, 1.54) is 22.9 Å². The molecule has 10 heteroatoms. The molecule has 0 saturated heterocycles. The number of anilines is 2. The number of para-hydroxylation sites is 1. The molecule has 4 rings (SSSR count). The van der Waals surface area contributed by atoms with Gasteiger partial charge in [-0.3, -0.25) is 9.36 Å². The number of rotatable bonds is 4. The van der Waals surface area contributed by atoms with Crippen LogP contribution in [0.2, 0.25) is 0 Å². The summed E-state index contributed by atoms with van der Waals surface area (Å²) in [4.78, 5) is 21.3. The van der Waals surface area contributed by atoms with Crippen LogP contribution < -0.4 is 22.1 Å². The first-order valence-electron chi connectivity index (χ1n) is 9.62. The molecule has 1 atom stereocenters. The summed E-state index contributed by atoms with van der Waals surface area (Å²) in [5.41, 5.74) is 4.96. The van der Waals surface area contributed by atoms with E-state index in [1.807, 2.05) is 0 Å². The van der Waals surface area contributed by atoms with E-state index in [0.29, 0.717) is 11.4 Å². The second-order valence-electron chi connectivity index (χ2n) is 7.21. The molecule has 3 N–H and O–H groups in total. The van der Waals surface area contributed by atoms with E-state index in [4.69, 9.17) is 13.6 Å². The third kappa shape index (κ3) is 3.91. The number of aromatic nitrogens is 3. The van der Waals surface area contributed by atoms with Crippen molar-refractivity contribution in [3.05, 3.63) is 82.4 Å². The fourth-order valence-electron chi connectivity index (χ4n) is 3.58. The van der Waals surface area contributed by atoms with Crippen molar-refractivity contribution in [3.8, 4) is 5.69 Å². The fourth-order valence-corrected chi connectivity index (χ4v) is 3.58. The highest BCUT2D eigenvalue weighted by Gasteiger charge is 2.34. The van der Waals surface area contributed by atoms with Crippen LogP contribution >= 0.6 is 0 Å². The maximum absolute atomic E-state index is 13.7. The van der Waals surface area contributed by atoms with E-state index < -0.39 is 28.7 Å². The molecule has 0 fully saturated rings. The van der Waals surface area contributed by atoms with Crippen molar-refractivity contribution in [2.24, 2.45) is 0 Å². The quantitative estimate of drug-likeness (QED) is 0.481. The van der Waals surface area contributed by atoms with Gasteiger partial charge in [-0.25, -0.2) is 4.98 Å². The number of nitrogens with two attached hydrogens (primary N) is 1. The first kappa shape index (κ1) is 21.4. The average molecular weight is 435 g/mol. The number of nitrogen functional groups attached to an aromatic ring is 1. The summed E-state index contributed by atoms with van der Waals surface area (Å²) in [5, 5.41) is 2.86. The van der Waals surface area contributed by atoms with Gasteiger partial charge in [-0.15, -0.1) is 0 Å². The lowest BCUT2D eigenvalue weighted by Crippen LogP contribution is -2.28. The Bertz CT molecular complexity index is 1360. The van der Waals surface area contributed by atoms with Gasteiger partial charge in [-0.1, -0.05) is 30.3 Å². The van der Waals surface area contributed by atoms with Crippen molar-refractivity contribution in [1.29, 1.82) is 0 Å². The van der Waals surface area contributed by atoms with Crippen molar-refractivity contribution < 1.29 is 13.2 Å². The molecule has 2 aromatic heterocycles. The van der Waals surface area contributed by atoms with Gasteiger partial charge in [0.2, 0.25) is 5.95 Å². The molecule has 2 aromatic carbocycles. The van der Waals surface area contributed by atoms with E-state index in [1.54, 1.807) is 43.3 Å². The second-order valence-corrected chi connectivity index (χ2v) is 7.21. The molecule has 0 spiro atoms. The predicted octanol–water partition coefficient (Wildman–Crippen LogP) is 3.35. The van der Waals surface area contributed by atoms with Gasteiger partial charge in [0.15, 0.2) is 0 Å². The molecule has 0 bridgehead atoms. The molecule has 0 aliphatic heterocycles. The molecule has 6 nitrogen and oxygen atoms in total. The molecule has 0 saturated carbocycles. The standard InChI is InChI=1S/C22H17BF3N5O/c1-12(29-19-16(23)11-28-21(27)30-19)17-10-13-6-5-9-15(22(24,25)26)18(13)20(32)31(17)14-7-3-2-4-8-14/h2-12H,1H3,(H3,27,28,29,30)/t12-/m0/s1. The van der Waals surface area contributed by atoms with Gasteiger partial charge < -0.3 is 11.1 Å². The molecule has 2 radical (unpaired) electrons. The van der Waals surface area contributed by atoms with Crippen molar-refractivity contribution in [1.82, 2.24) is 14.5 Å². The Morgan fingerprint density at radius 1 is 1.12 bits per heavy atom. The normalized spacial score (nSPS) is 12.6. The Morgan fingerprint density at radius 2 is 1.84 bits per heavy atom. The Balaban J connectivity index is 1.98. The first-order chi connectivity index (χ1) is 15.2. The lowest BCUT2D eigenvalue weighted by atomic mass is 9.98. The van der Waals surface area contributed by atoms with Gasteiger partial charge in [0, 0.05) is 17.6 Å². The highest BCUT2D eigenvalue weighted by Crippen LogP contribution is 2.34. The molecular weight excluding hydrogens is 418 g/mol. The maximum Gasteiger partial charge on any atom is 0.417 e. The van der Waals surface area contributed by atoms with Crippen LogP contribution in [0.4, 0.5) is 24.9 Å². The molecule has 0 unspecified atom stereocenters. The Morgan fingerprint density at radius 3 is 2.53 bits per heavy atom. The maximum atomic E-state index is 13.7. The molecule has 4 aromatic rings. The number of hydrogen-bond donors (Lipinski definition) is 2. The van der Waals surface area contributed by atoms with E-state index in [9.17, 15) is 18.0 Å². The van der Waals surface area contributed by atoms with Crippen molar-refractivity contribution in [2.45, 2.75) is 19.1 Å². The van der Waals surface area contributed by atoms with Gasteiger partial charge in [0.25, 0.3) is 5.56 Å². The topological polar surface area (TPSA) is 85.8 Å². The highest BCUT2D eigenvalue weighted by molar-refractivity contribution is 6.35. The highest BCUT2D eigenvalue weighted by atomic mass is 19.4. The van der Waals surface area contributed by atoms with Crippen LogP contribution in [0.5, 0.6) is 0 Å². The summed E-state index contributed by atoms with van der Waals surface area (Å²) in [6.45, 7) is 1.74. The van der Waals surface area contributed by atoms with Crippen LogP contribution in [-0.4, -0.2) is 22.4 Å². The van der Waals surface area contributed by atoms with Crippen LogP contribution in [0.3, 0.4) is 0 Å². The van der Waals surface area contributed by atoms with E-state index in [0.717, 1.165) is 6.07 Å². The predicted molar refractivity (Wildman–Crippen MR) is 118 cm³/mol. The molecule has 32 heavy (non-hydrogen) atoms. The van der Waals surface area contributed by atoms with E-state index >= 15 is 0 Å². The number of hydrogen-bond acceptors (Lipinski definition) is 5. The summed E-state index contributed by atoms with van der Waals surface area (Å²) >= 11 is 0. The number of fused-ring (bicyclic) bond motifs is 1. The Hall–Kier alpha value is -3.82.